The fourth-order valence-electron chi connectivity index (χ4n) is 3.26. The van der Waals surface area contributed by atoms with Crippen molar-refractivity contribution in [3.63, 3.8) is 0 Å². The summed E-state index contributed by atoms with van der Waals surface area (Å²) in [6.07, 6.45) is 0. The van der Waals surface area contributed by atoms with Gasteiger partial charge in [0.05, 0.1) is 9.79 Å². The maximum atomic E-state index is 12.8. The fraction of sp³-hybridized carbons (Fsp3) is 0. The van der Waals surface area contributed by atoms with Crippen LogP contribution in [0.1, 0.15) is 15.9 Å². The zero-order valence-corrected chi connectivity index (χ0v) is 20.4. The third-order valence-corrected chi connectivity index (χ3v) is 6.06. The first-order chi connectivity index (χ1) is 12.1. The van der Waals surface area contributed by atoms with Crippen LogP contribution in [0.4, 0.5) is 0 Å². The van der Waals surface area contributed by atoms with Gasteiger partial charge >= 0.3 is 59.1 Å². The van der Waals surface area contributed by atoms with Gasteiger partial charge in [0.25, 0.3) is 0 Å². The Morgan fingerprint density at radius 3 is 1.93 bits per heavy atom. The summed E-state index contributed by atoms with van der Waals surface area (Å²) < 4.78 is 68.3. The van der Waals surface area contributed by atoms with Crippen LogP contribution in [0.2, 0.25) is 0 Å². The van der Waals surface area contributed by atoms with Crippen molar-refractivity contribution < 1.29 is 89.9 Å². The molecule has 0 fully saturated rings. The first-order valence-corrected chi connectivity index (χ1v) is 10.1. The van der Waals surface area contributed by atoms with Gasteiger partial charge in [-0.3, -0.25) is 4.79 Å². The van der Waals surface area contributed by atoms with E-state index in [1.54, 1.807) is 0 Å². The second kappa shape index (κ2) is 7.92. The Balaban J connectivity index is 0.00000140. The zero-order chi connectivity index (χ0) is 18.9. The summed E-state index contributed by atoms with van der Waals surface area (Å²) in [5.41, 5.74) is 1.00. The topological polar surface area (TPSA) is 131 Å². The molecule has 0 amide bonds. The molecule has 0 saturated carbocycles. The molecule has 0 aromatic heterocycles. The van der Waals surface area contributed by atoms with Crippen molar-refractivity contribution in [3.05, 3.63) is 59.7 Å². The number of benzene rings is 3. The van der Waals surface area contributed by atoms with Gasteiger partial charge in [0.1, 0.15) is 20.2 Å². The molecule has 0 N–H and O–H groups in total. The van der Waals surface area contributed by atoms with E-state index in [0.29, 0.717) is 16.5 Å². The number of hydrogen-bond donors (Lipinski definition) is 0. The predicted molar refractivity (Wildman–Crippen MR) is 88.7 cm³/mol. The van der Waals surface area contributed by atoms with E-state index < -0.39 is 35.8 Å². The van der Waals surface area contributed by atoms with Gasteiger partial charge in [-0.15, -0.1) is 0 Å². The normalized spacial score (nSPS) is 12.7. The third kappa shape index (κ3) is 3.77. The molecule has 0 aliphatic heterocycles. The quantitative estimate of drug-likeness (QED) is 0.231. The van der Waals surface area contributed by atoms with E-state index in [1.807, 2.05) is 0 Å². The van der Waals surface area contributed by atoms with Crippen LogP contribution in [0, 0.1) is 0 Å². The van der Waals surface area contributed by atoms with E-state index in [4.69, 9.17) is 0 Å². The first-order valence-electron chi connectivity index (χ1n) is 7.26. The molecule has 132 valence electrons. The van der Waals surface area contributed by atoms with Crippen LogP contribution < -0.4 is 59.1 Å². The molecule has 0 bridgehead atoms. The molecule has 3 aromatic carbocycles. The third-order valence-electron chi connectivity index (χ3n) is 4.33. The van der Waals surface area contributed by atoms with Crippen LogP contribution in [0.3, 0.4) is 0 Å². The second-order valence-corrected chi connectivity index (χ2v) is 8.51. The Labute approximate surface area is 205 Å². The van der Waals surface area contributed by atoms with E-state index in [9.17, 15) is 30.7 Å². The van der Waals surface area contributed by atoms with Crippen molar-refractivity contribution in [1.29, 1.82) is 0 Å². The minimum absolute atomic E-state index is 0. The molecule has 11 heteroatoms. The molecular formula is C17H8Na2O7S2. The van der Waals surface area contributed by atoms with Crippen molar-refractivity contribution in [2.75, 3.05) is 0 Å². The summed E-state index contributed by atoms with van der Waals surface area (Å²) in [5.74, 6) is -0.552. The van der Waals surface area contributed by atoms with Crippen molar-refractivity contribution in [3.8, 4) is 11.1 Å². The van der Waals surface area contributed by atoms with Gasteiger partial charge in [-0.2, -0.15) is 0 Å². The number of fused-ring (bicyclic) bond motifs is 2. The van der Waals surface area contributed by atoms with E-state index in [0.717, 1.165) is 18.2 Å². The molecule has 0 unspecified atom stereocenters. The molecule has 28 heavy (non-hydrogen) atoms. The second-order valence-electron chi connectivity index (χ2n) is 5.78. The van der Waals surface area contributed by atoms with Crippen molar-refractivity contribution in [1.82, 2.24) is 0 Å². The number of hydrogen-bond acceptors (Lipinski definition) is 7. The van der Waals surface area contributed by atoms with Gasteiger partial charge in [-0.05, 0) is 29.3 Å². The Bertz CT molecular complexity index is 1350. The summed E-state index contributed by atoms with van der Waals surface area (Å²) in [4.78, 5) is 11.8. The number of carbonyl (C=O) groups is 1. The van der Waals surface area contributed by atoms with E-state index >= 15 is 0 Å². The van der Waals surface area contributed by atoms with Crippen molar-refractivity contribution >= 4 is 36.8 Å². The van der Waals surface area contributed by atoms with Gasteiger partial charge in [-0.25, -0.2) is 16.8 Å². The van der Waals surface area contributed by atoms with Gasteiger partial charge in [0.15, 0.2) is 5.78 Å². The summed E-state index contributed by atoms with van der Waals surface area (Å²) in [6, 6.07) is 10.3. The van der Waals surface area contributed by atoms with E-state index in [1.165, 1.54) is 30.3 Å². The largest absolute Gasteiger partial charge is 1.00 e. The van der Waals surface area contributed by atoms with Crippen LogP contribution >= 0.6 is 0 Å². The van der Waals surface area contributed by atoms with Crippen LogP contribution in [-0.4, -0.2) is 31.7 Å². The Morgan fingerprint density at radius 2 is 1.32 bits per heavy atom. The SMILES string of the molecule is O=C1c2cc(S(=O)(=O)[O-])ccc2-c2ccc(S(=O)(=O)[O-])c3cccc1c23.[Na+].[Na+]. The van der Waals surface area contributed by atoms with Gasteiger partial charge in [0, 0.05) is 21.9 Å². The molecular weight excluding hydrogens is 426 g/mol. The molecule has 0 atom stereocenters. The van der Waals surface area contributed by atoms with Crippen molar-refractivity contribution in [2.24, 2.45) is 0 Å². The van der Waals surface area contributed by atoms with E-state index in [2.05, 4.69) is 0 Å². The van der Waals surface area contributed by atoms with Gasteiger partial charge in [0.2, 0.25) is 0 Å². The minimum Gasteiger partial charge on any atom is -0.744 e. The molecule has 0 radical (unpaired) electrons. The fourth-order valence-corrected chi connectivity index (χ4v) is 4.43. The van der Waals surface area contributed by atoms with Crippen molar-refractivity contribution in [2.45, 2.75) is 9.79 Å². The number of rotatable bonds is 2. The molecule has 1 aliphatic carbocycles. The first kappa shape index (κ1) is 23.7. The smallest absolute Gasteiger partial charge is 0.744 e. The summed E-state index contributed by atoms with van der Waals surface area (Å²) in [5, 5.41) is 0.425. The monoisotopic (exact) mass is 434 g/mol. The van der Waals surface area contributed by atoms with Crippen LogP contribution in [0.5, 0.6) is 0 Å². The Morgan fingerprint density at radius 1 is 0.679 bits per heavy atom. The zero-order valence-electron chi connectivity index (χ0n) is 14.8. The van der Waals surface area contributed by atoms with Crippen LogP contribution in [0.25, 0.3) is 21.9 Å². The standard InChI is InChI=1S/C17H10O7S2.2Na/c18-17-13-3-1-2-12-15(26(22,23)24)7-6-11(16(12)13)10-5-4-9(8-14(10)17)25(19,20)21;;/h1-8H,(H,19,20,21)(H,22,23,24);;/q;2*+1/p-2. The molecule has 4 rings (SSSR count). The number of ketones is 1. The minimum atomic E-state index is -4.75. The molecule has 1 aliphatic rings. The molecule has 3 aromatic rings. The van der Waals surface area contributed by atoms with Gasteiger partial charge in [-0.1, -0.05) is 30.3 Å². The maximum Gasteiger partial charge on any atom is 1.00 e. The average Bonchev–Trinajstić information content (AvgIpc) is 2.57. The van der Waals surface area contributed by atoms with Gasteiger partial charge < -0.3 is 9.11 Å². The molecule has 0 saturated heterocycles. The summed E-state index contributed by atoms with van der Waals surface area (Å²) >= 11 is 0. The Hall–Kier alpha value is -0.590. The molecule has 0 heterocycles. The summed E-state index contributed by atoms with van der Waals surface area (Å²) in [6.45, 7) is 0. The maximum absolute atomic E-state index is 12.8. The number of carbonyl (C=O) groups excluding carboxylic acids is 1. The van der Waals surface area contributed by atoms with Crippen LogP contribution in [0.15, 0.2) is 58.3 Å². The average molecular weight is 434 g/mol. The summed E-state index contributed by atoms with van der Waals surface area (Å²) in [7, 11) is -9.49. The van der Waals surface area contributed by atoms with Crippen LogP contribution in [-0.2, 0) is 20.2 Å². The molecule has 0 spiro atoms. The Kier molecular flexibility index (Phi) is 6.70. The van der Waals surface area contributed by atoms with E-state index in [-0.39, 0.29) is 75.6 Å². The molecule has 7 nitrogen and oxygen atoms in total. The predicted octanol–water partition coefficient (Wildman–Crippen LogP) is -4.13.